The highest BCUT2D eigenvalue weighted by atomic mass is 15.1. The van der Waals surface area contributed by atoms with Gasteiger partial charge >= 0.3 is 0 Å². The summed E-state index contributed by atoms with van der Waals surface area (Å²) < 4.78 is 0. The molecule has 0 aliphatic carbocycles. The van der Waals surface area contributed by atoms with E-state index in [1.165, 1.54) is 22.4 Å². The topological polar surface area (TPSA) is 3.24 Å². The first-order valence-corrected chi connectivity index (χ1v) is 6.82. The molecule has 0 unspecified atom stereocenters. The molecule has 0 fully saturated rings. The fraction of sp³-hybridized carbons (Fsp3) is 0.222. The molecule has 1 heteroatoms. The van der Waals surface area contributed by atoms with Gasteiger partial charge in [0.1, 0.15) is 0 Å². The van der Waals surface area contributed by atoms with Gasteiger partial charge in [-0.3, -0.25) is 0 Å². The van der Waals surface area contributed by atoms with Crippen LogP contribution in [0.25, 0.3) is 5.57 Å². The normalized spacial score (nSPS) is 13.4. The van der Waals surface area contributed by atoms with Crippen LogP contribution in [0.4, 0.5) is 5.69 Å². The lowest BCUT2D eigenvalue weighted by Gasteiger charge is -2.20. The Kier molecular flexibility index (Phi) is 3.12. The summed E-state index contributed by atoms with van der Waals surface area (Å²) in [7, 11) is 0. The number of anilines is 1. The summed E-state index contributed by atoms with van der Waals surface area (Å²) in [6, 6.07) is 17.4. The van der Waals surface area contributed by atoms with E-state index in [9.17, 15) is 0 Å². The molecule has 1 nitrogen and oxygen atoms in total. The van der Waals surface area contributed by atoms with Gasteiger partial charge in [0, 0.05) is 18.8 Å². The number of fused-ring (bicyclic) bond motifs is 1. The van der Waals surface area contributed by atoms with E-state index in [0.717, 1.165) is 25.1 Å². The van der Waals surface area contributed by atoms with Crippen LogP contribution >= 0.6 is 0 Å². The zero-order valence-corrected chi connectivity index (χ0v) is 11.4. The molecule has 96 valence electrons. The van der Waals surface area contributed by atoms with Crippen LogP contribution in [-0.2, 0) is 13.0 Å². The number of benzene rings is 2. The summed E-state index contributed by atoms with van der Waals surface area (Å²) in [6.45, 7) is 8.22. The maximum atomic E-state index is 4.04. The molecule has 0 atom stereocenters. The number of hydrogen-bond donors (Lipinski definition) is 0. The molecule has 2 aromatic carbocycles. The molecule has 1 heterocycles. The first-order chi connectivity index (χ1) is 9.24. The van der Waals surface area contributed by atoms with Crippen LogP contribution < -0.4 is 4.90 Å². The second-order valence-electron chi connectivity index (χ2n) is 5.28. The summed E-state index contributed by atoms with van der Waals surface area (Å²) in [5.74, 6) is 0. The van der Waals surface area contributed by atoms with Gasteiger partial charge in [0.05, 0.1) is 0 Å². The fourth-order valence-corrected chi connectivity index (χ4v) is 2.68. The highest BCUT2D eigenvalue weighted by Gasteiger charge is 2.19. The fourth-order valence-electron chi connectivity index (χ4n) is 2.68. The molecule has 0 saturated carbocycles. The highest BCUT2D eigenvalue weighted by molar-refractivity contribution is 5.69. The average Bonchev–Trinajstić information content (AvgIpc) is 2.82. The molecule has 1 aliphatic rings. The van der Waals surface area contributed by atoms with E-state index in [0.29, 0.717) is 0 Å². The van der Waals surface area contributed by atoms with Crippen LogP contribution in [0.1, 0.15) is 23.6 Å². The Morgan fingerprint density at radius 2 is 1.95 bits per heavy atom. The van der Waals surface area contributed by atoms with Crippen molar-refractivity contribution in [2.75, 3.05) is 11.4 Å². The Morgan fingerprint density at radius 3 is 2.68 bits per heavy atom. The summed E-state index contributed by atoms with van der Waals surface area (Å²) >= 11 is 0. The minimum Gasteiger partial charge on any atom is -0.367 e. The minimum atomic E-state index is 0.994. The quantitative estimate of drug-likeness (QED) is 0.784. The first-order valence-electron chi connectivity index (χ1n) is 6.82. The van der Waals surface area contributed by atoms with Crippen molar-refractivity contribution in [2.24, 2.45) is 0 Å². The lowest BCUT2D eigenvalue weighted by Crippen LogP contribution is -2.19. The van der Waals surface area contributed by atoms with Crippen molar-refractivity contribution < 1.29 is 0 Å². The third-order valence-electron chi connectivity index (χ3n) is 3.79. The van der Waals surface area contributed by atoms with Crippen LogP contribution in [0.15, 0.2) is 55.1 Å². The highest BCUT2D eigenvalue weighted by Crippen LogP contribution is 2.31. The summed E-state index contributed by atoms with van der Waals surface area (Å²) in [5, 5.41) is 0. The Balaban J connectivity index is 1.88. The SMILES string of the molecule is C=C(C)c1ccc2c(c1)N(Cc1ccccc1)CC2. The Labute approximate surface area is 115 Å². The smallest absolute Gasteiger partial charge is 0.0429 e. The van der Waals surface area contributed by atoms with Crippen molar-refractivity contribution in [1.82, 2.24) is 0 Å². The van der Waals surface area contributed by atoms with Crippen molar-refractivity contribution in [2.45, 2.75) is 19.9 Å². The summed E-state index contributed by atoms with van der Waals surface area (Å²) in [4.78, 5) is 2.47. The van der Waals surface area contributed by atoms with Crippen molar-refractivity contribution in [3.63, 3.8) is 0 Å². The van der Waals surface area contributed by atoms with E-state index in [-0.39, 0.29) is 0 Å². The molecular weight excluding hydrogens is 230 g/mol. The monoisotopic (exact) mass is 249 g/mol. The van der Waals surface area contributed by atoms with Gasteiger partial charge in [-0.2, -0.15) is 0 Å². The lowest BCUT2D eigenvalue weighted by atomic mass is 10.0. The van der Waals surface area contributed by atoms with Crippen molar-refractivity contribution in [1.29, 1.82) is 0 Å². The second kappa shape index (κ2) is 4.93. The molecular formula is C18H19N. The van der Waals surface area contributed by atoms with Crippen molar-refractivity contribution in [3.05, 3.63) is 71.8 Å². The molecule has 0 aromatic heterocycles. The van der Waals surface area contributed by atoms with Crippen LogP contribution in [0.2, 0.25) is 0 Å². The number of rotatable bonds is 3. The Bertz CT molecular complexity index is 598. The minimum absolute atomic E-state index is 0.994. The van der Waals surface area contributed by atoms with E-state index in [1.807, 2.05) is 0 Å². The Hall–Kier alpha value is -2.02. The average molecular weight is 249 g/mol. The molecule has 0 amide bonds. The first kappa shape index (κ1) is 12.0. The molecule has 0 radical (unpaired) electrons. The molecule has 0 N–H and O–H groups in total. The van der Waals surface area contributed by atoms with Gasteiger partial charge < -0.3 is 4.90 Å². The van der Waals surface area contributed by atoms with Gasteiger partial charge in [-0.05, 0) is 36.1 Å². The molecule has 2 aromatic rings. The molecule has 0 spiro atoms. The molecule has 3 rings (SSSR count). The number of hydrogen-bond acceptors (Lipinski definition) is 1. The summed E-state index contributed by atoms with van der Waals surface area (Å²) in [6.07, 6.45) is 1.15. The number of nitrogens with zero attached hydrogens (tertiary/aromatic N) is 1. The predicted octanol–water partition coefficient (Wildman–Crippen LogP) is 4.28. The summed E-state index contributed by atoms with van der Waals surface area (Å²) in [5.41, 5.74) is 6.59. The molecule has 19 heavy (non-hydrogen) atoms. The standard InChI is InChI=1S/C18H19N/c1-14(2)17-9-8-16-10-11-19(18(16)12-17)13-15-6-4-3-5-7-15/h3-9,12H,1,10-11,13H2,2H3. The third-order valence-corrected chi connectivity index (χ3v) is 3.79. The zero-order chi connectivity index (χ0) is 13.2. The maximum Gasteiger partial charge on any atom is 0.0429 e. The third kappa shape index (κ3) is 2.41. The van der Waals surface area contributed by atoms with E-state index in [1.54, 1.807) is 0 Å². The predicted molar refractivity (Wildman–Crippen MR) is 82.3 cm³/mol. The molecule has 1 aliphatic heterocycles. The zero-order valence-electron chi connectivity index (χ0n) is 11.4. The van der Waals surface area contributed by atoms with Gasteiger partial charge in [0.2, 0.25) is 0 Å². The van der Waals surface area contributed by atoms with Gasteiger partial charge in [-0.1, -0.05) is 54.6 Å². The van der Waals surface area contributed by atoms with E-state index >= 15 is 0 Å². The largest absolute Gasteiger partial charge is 0.367 e. The van der Waals surface area contributed by atoms with E-state index in [4.69, 9.17) is 0 Å². The van der Waals surface area contributed by atoms with Gasteiger partial charge in [-0.25, -0.2) is 0 Å². The van der Waals surface area contributed by atoms with Crippen molar-refractivity contribution >= 4 is 11.3 Å². The van der Waals surface area contributed by atoms with Crippen molar-refractivity contribution in [3.8, 4) is 0 Å². The van der Waals surface area contributed by atoms with E-state index < -0.39 is 0 Å². The second-order valence-corrected chi connectivity index (χ2v) is 5.28. The molecule has 0 saturated heterocycles. The molecule has 0 bridgehead atoms. The Morgan fingerprint density at radius 1 is 1.16 bits per heavy atom. The van der Waals surface area contributed by atoms with Crippen LogP contribution in [0.5, 0.6) is 0 Å². The maximum absolute atomic E-state index is 4.04. The van der Waals surface area contributed by atoms with Crippen LogP contribution in [0.3, 0.4) is 0 Å². The van der Waals surface area contributed by atoms with E-state index in [2.05, 4.69) is 66.9 Å². The lowest BCUT2D eigenvalue weighted by molar-refractivity contribution is 0.836. The number of allylic oxidation sites excluding steroid dienone is 1. The van der Waals surface area contributed by atoms with Crippen LogP contribution in [0, 0.1) is 0 Å². The van der Waals surface area contributed by atoms with Gasteiger partial charge in [0.25, 0.3) is 0 Å². The van der Waals surface area contributed by atoms with Gasteiger partial charge in [0.15, 0.2) is 0 Å². The van der Waals surface area contributed by atoms with Crippen LogP contribution in [-0.4, -0.2) is 6.54 Å². The van der Waals surface area contributed by atoms with Gasteiger partial charge in [-0.15, -0.1) is 0 Å².